The van der Waals surface area contributed by atoms with Crippen molar-refractivity contribution in [2.45, 2.75) is 45.3 Å². The van der Waals surface area contributed by atoms with E-state index in [4.69, 9.17) is 4.74 Å². The molecule has 0 amide bonds. The molecule has 1 aliphatic heterocycles. The molecule has 100 valence electrons. The molecule has 2 rings (SSSR count). The van der Waals surface area contributed by atoms with E-state index in [1.807, 2.05) is 13.0 Å². The predicted octanol–water partition coefficient (Wildman–Crippen LogP) is 2.78. The lowest BCUT2D eigenvalue weighted by molar-refractivity contribution is 0.176. The number of anilines is 1. The monoisotopic (exact) mass is 249 g/mol. The summed E-state index contributed by atoms with van der Waals surface area (Å²) in [6.45, 7) is 7.26. The molecular weight excluding hydrogens is 226 g/mol. The topological polar surface area (TPSA) is 32.7 Å². The van der Waals surface area contributed by atoms with E-state index in [-0.39, 0.29) is 6.10 Å². The van der Waals surface area contributed by atoms with Crippen LogP contribution in [0.15, 0.2) is 18.2 Å². The second kappa shape index (κ2) is 5.19. The van der Waals surface area contributed by atoms with Crippen molar-refractivity contribution in [2.75, 3.05) is 18.6 Å². The summed E-state index contributed by atoms with van der Waals surface area (Å²) in [6, 6.07) is 6.75. The molecule has 18 heavy (non-hydrogen) atoms. The van der Waals surface area contributed by atoms with Crippen molar-refractivity contribution in [3.05, 3.63) is 23.8 Å². The molecule has 1 heterocycles. The van der Waals surface area contributed by atoms with Crippen LogP contribution in [0.2, 0.25) is 0 Å². The first-order chi connectivity index (χ1) is 8.52. The number of rotatable bonds is 4. The van der Waals surface area contributed by atoms with Gasteiger partial charge < -0.3 is 14.7 Å². The van der Waals surface area contributed by atoms with Gasteiger partial charge in [-0.05, 0) is 51.0 Å². The molecular formula is C15H23NO2. The normalized spacial score (nSPS) is 20.1. The Morgan fingerprint density at radius 1 is 1.39 bits per heavy atom. The number of fused-ring (bicyclic) bond motifs is 1. The van der Waals surface area contributed by atoms with Gasteiger partial charge in [0.15, 0.2) is 0 Å². The Labute approximate surface area is 109 Å². The third-order valence-corrected chi connectivity index (χ3v) is 3.65. The Morgan fingerprint density at radius 2 is 2.11 bits per heavy atom. The lowest BCUT2D eigenvalue weighted by Crippen LogP contribution is -2.29. The summed E-state index contributed by atoms with van der Waals surface area (Å²) >= 11 is 0. The molecule has 0 saturated carbocycles. The van der Waals surface area contributed by atoms with Gasteiger partial charge in [-0.25, -0.2) is 0 Å². The minimum Gasteiger partial charge on any atom is -0.497 e. The van der Waals surface area contributed by atoms with E-state index in [9.17, 15) is 5.11 Å². The van der Waals surface area contributed by atoms with Gasteiger partial charge in [0.25, 0.3) is 0 Å². The minimum absolute atomic E-state index is 0.263. The summed E-state index contributed by atoms with van der Waals surface area (Å²) in [4.78, 5) is 2.40. The molecule has 1 aromatic rings. The Hall–Kier alpha value is -1.22. The molecule has 0 fully saturated rings. The van der Waals surface area contributed by atoms with Crippen LogP contribution < -0.4 is 9.64 Å². The summed E-state index contributed by atoms with van der Waals surface area (Å²) < 4.78 is 5.31. The van der Waals surface area contributed by atoms with E-state index in [0.29, 0.717) is 12.0 Å². The zero-order valence-corrected chi connectivity index (χ0v) is 11.7. The van der Waals surface area contributed by atoms with Crippen LogP contribution in [0.25, 0.3) is 0 Å². The highest BCUT2D eigenvalue weighted by atomic mass is 16.5. The van der Waals surface area contributed by atoms with Crippen LogP contribution in [0, 0.1) is 0 Å². The van der Waals surface area contributed by atoms with Gasteiger partial charge in [-0.1, -0.05) is 0 Å². The highest BCUT2D eigenvalue weighted by Crippen LogP contribution is 2.41. The number of benzene rings is 1. The van der Waals surface area contributed by atoms with Gasteiger partial charge in [-0.2, -0.15) is 0 Å². The van der Waals surface area contributed by atoms with Crippen molar-refractivity contribution in [3.63, 3.8) is 0 Å². The van der Waals surface area contributed by atoms with Gasteiger partial charge in [0, 0.05) is 24.2 Å². The SMILES string of the molecule is COc1ccc2c(c1)C(CC(C)O)CN2C(C)C. The predicted molar refractivity (Wildman–Crippen MR) is 74.5 cm³/mol. The second-order valence-electron chi connectivity index (χ2n) is 5.45. The molecule has 2 atom stereocenters. The maximum atomic E-state index is 9.64. The third-order valence-electron chi connectivity index (χ3n) is 3.65. The van der Waals surface area contributed by atoms with Crippen LogP contribution in [0.4, 0.5) is 5.69 Å². The highest BCUT2D eigenvalue weighted by Gasteiger charge is 2.30. The van der Waals surface area contributed by atoms with Gasteiger partial charge in [0.1, 0.15) is 5.75 Å². The van der Waals surface area contributed by atoms with E-state index in [1.165, 1.54) is 11.3 Å². The van der Waals surface area contributed by atoms with Crippen molar-refractivity contribution in [1.29, 1.82) is 0 Å². The van der Waals surface area contributed by atoms with Crippen molar-refractivity contribution in [1.82, 2.24) is 0 Å². The molecule has 0 aliphatic carbocycles. The highest BCUT2D eigenvalue weighted by molar-refractivity contribution is 5.62. The average Bonchev–Trinajstić information content (AvgIpc) is 2.67. The van der Waals surface area contributed by atoms with Gasteiger partial charge in [-0.15, -0.1) is 0 Å². The van der Waals surface area contributed by atoms with Gasteiger partial charge in [0.05, 0.1) is 13.2 Å². The summed E-state index contributed by atoms with van der Waals surface area (Å²) in [5.41, 5.74) is 2.60. The zero-order valence-electron chi connectivity index (χ0n) is 11.7. The largest absolute Gasteiger partial charge is 0.497 e. The lowest BCUT2D eigenvalue weighted by Gasteiger charge is -2.24. The molecule has 0 aromatic heterocycles. The maximum Gasteiger partial charge on any atom is 0.119 e. The van der Waals surface area contributed by atoms with E-state index in [1.54, 1.807) is 7.11 Å². The molecule has 1 aliphatic rings. The van der Waals surface area contributed by atoms with Gasteiger partial charge in [-0.3, -0.25) is 0 Å². The summed E-state index contributed by atoms with van der Waals surface area (Å²) in [6.07, 6.45) is 0.546. The van der Waals surface area contributed by atoms with Crippen LogP contribution >= 0.6 is 0 Å². The zero-order chi connectivity index (χ0) is 13.3. The van der Waals surface area contributed by atoms with E-state index >= 15 is 0 Å². The fourth-order valence-corrected chi connectivity index (χ4v) is 2.78. The van der Waals surface area contributed by atoms with Crippen molar-refractivity contribution in [3.8, 4) is 5.75 Å². The Bertz CT molecular complexity index is 415. The molecule has 3 heteroatoms. The number of aliphatic hydroxyl groups excluding tert-OH is 1. The number of hydrogen-bond acceptors (Lipinski definition) is 3. The molecule has 2 unspecified atom stereocenters. The summed E-state index contributed by atoms with van der Waals surface area (Å²) in [7, 11) is 1.70. The smallest absolute Gasteiger partial charge is 0.119 e. The first kappa shape index (κ1) is 13.2. The summed E-state index contributed by atoms with van der Waals surface area (Å²) in [5.74, 6) is 1.30. The Morgan fingerprint density at radius 3 is 2.67 bits per heavy atom. The minimum atomic E-state index is -0.263. The van der Waals surface area contributed by atoms with Crippen LogP contribution in [0.1, 0.15) is 38.7 Å². The van der Waals surface area contributed by atoms with Crippen LogP contribution in [-0.4, -0.2) is 30.9 Å². The molecule has 0 bridgehead atoms. The van der Waals surface area contributed by atoms with E-state index in [2.05, 4.69) is 30.9 Å². The van der Waals surface area contributed by atoms with E-state index < -0.39 is 0 Å². The lowest BCUT2D eigenvalue weighted by atomic mass is 9.95. The number of aliphatic hydroxyl groups is 1. The fraction of sp³-hybridized carbons (Fsp3) is 0.600. The number of ether oxygens (including phenoxy) is 1. The molecule has 3 nitrogen and oxygen atoms in total. The third kappa shape index (κ3) is 2.46. The Kier molecular flexibility index (Phi) is 3.81. The van der Waals surface area contributed by atoms with Gasteiger partial charge in [0.2, 0.25) is 0 Å². The molecule has 0 radical (unpaired) electrons. The summed E-state index contributed by atoms with van der Waals surface area (Å²) in [5, 5.41) is 9.64. The second-order valence-corrected chi connectivity index (χ2v) is 5.45. The number of methoxy groups -OCH3 is 1. The molecule has 0 saturated heterocycles. The number of hydrogen-bond donors (Lipinski definition) is 1. The first-order valence-corrected chi connectivity index (χ1v) is 6.65. The first-order valence-electron chi connectivity index (χ1n) is 6.65. The standard InChI is InChI=1S/C15H23NO2/c1-10(2)16-9-12(7-11(3)17)14-8-13(18-4)5-6-15(14)16/h5-6,8,10-12,17H,7,9H2,1-4H3. The maximum absolute atomic E-state index is 9.64. The van der Waals surface area contributed by atoms with Crippen LogP contribution in [-0.2, 0) is 0 Å². The van der Waals surface area contributed by atoms with Crippen LogP contribution in [0.5, 0.6) is 5.75 Å². The molecule has 0 spiro atoms. The van der Waals surface area contributed by atoms with Gasteiger partial charge >= 0.3 is 0 Å². The van der Waals surface area contributed by atoms with Crippen LogP contribution in [0.3, 0.4) is 0 Å². The fourth-order valence-electron chi connectivity index (χ4n) is 2.78. The average molecular weight is 249 g/mol. The van der Waals surface area contributed by atoms with Crippen molar-refractivity contribution >= 4 is 5.69 Å². The molecule has 1 N–H and O–H groups in total. The van der Waals surface area contributed by atoms with E-state index in [0.717, 1.165) is 18.7 Å². The number of nitrogens with zero attached hydrogens (tertiary/aromatic N) is 1. The Balaban J connectivity index is 2.35. The van der Waals surface area contributed by atoms with Crippen molar-refractivity contribution in [2.24, 2.45) is 0 Å². The van der Waals surface area contributed by atoms with Crippen molar-refractivity contribution < 1.29 is 9.84 Å². The molecule has 1 aromatic carbocycles. The quantitative estimate of drug-likeness (QED) is 0.890.